The standard InChI is InChI=1S/C37H45N5O4/c1-27-24-28(2)35(29(3)25-27)46-37(43)42(22-17-30-12-14-32(44-4)15-13-30)34-16-18-38-36(40-34)39-31-10-8-11-33(26-31)45-23-9-21-41-19-6-5-7-20-41/h8,10-16,18,24-26H,5-7,9,17,19-23H2,1-4H3,(H,38,39,40). The van der Waals surface area contributed by atoms with Gasteiger partial charge in [0.25, 0.3) is 0 Å². The van der Waals surface area contributed by atoms with E-state index in [-0.39, 0.29) is 0 Å². The maximum Gasteiger partial charge on any atom is 0.420 e. The second-order valence-corrected chi connectivity index (χ2v) is 11.8. The Morgan fingerprint density at radius 2 is 1.70 bits per heavy atom. The maximum absolute atomic E-state index is 13.7. The number of aromatic nitrogens is 2. The smallest absolute Gasteiger partial charge is 0.420 e. The Kier molecular flexibility index (Phi) is 11.5. The summed E-state index contributed by atoms with van der Waals surface area (Å²) in [6.45, 7) is 10.4. The van der Waals surface area contributed by atoms with Crippen LogP contribution in [-0.2, 0) is 6.42 Å². The van der Waals surface area contributed by atoms with Gasteiger partial charge in [-0.3, -0.25) is 4.90 Å². The van der Waals surface area contributed by atoms with Gasteiger partial charge in [0.15, 0.2) is 0 Å². The summed E-state index contributed by atoms with van der Waals surface area (Å²) in [5.74, 6) is 2.93. The quantitative estimate of drug-likeness (QED) is 0.152. The average Bonchev–Trinajstić information content (AvgIpc) is 3.06. The molecular weight excluding hydrogens is 578 g/mol. The third-order valence-corrected chi connectivity index (χ3v) is 8.14. The van der Waals surface area contributed by atoms with Gasteiger partial charge in [-0.1, -0.05) is 42.3 Å². The number of carbonyl (C=O) groups excluding carboxylic acids is 1. The molecule has 9 nitrogen and oxygen atoms in total. The number of ether oxygens (including phenoxy) is 3. The first kappa shape index (κ1) is 32.8. The van der Waals surface area contributed by atoms with E-state index in [0.29, 0.717) is 37.1 Å². The van der Waals surface area contributed by atoms with E-state index >= 15 is 0 Å². The molecule has 1 amide bonds. The van der Waals surface area contributed by atoms with E-state index in [9.17, 15) is 4.79 Å². The average molecular weight is 624 g/mol. The molecule has 0 saturated carbocycles. The minimum Gasteiger partial charge on any atom is -0.497 e. The van der Waals surface area contributed by atoms with Crippen LogP contribution in [0, 0.1) is 20.8 Å². The van der Waals surface area contributed by atoms with Crippen LogP contribution in [0.4, 0.5) is 22.2 Å². The molecule has 4 aromatic rings. The summed E-state index contributed by atoms with van der Waals surface area (Å²) < 4.78 is 17.4. The van der Waals surface area contributed by atoms with Crippen LogP contribution < -0.4 is 24.4 Å². The topological polar surface area (TPSA) is 89.0 Å². The van der Waals surface area contributed by atoms with Crippen molar-refractivity contribution in [2.24, 2.45) is 0 Å². The summed E-state index contributed by atoms with van der Waals surface area (Å²) in [7, 11) is 1.64. The van der Waals surface area contributed by atoms with Gasteiger partial charge in [0.05, 0.1) is 13.7 Å². The lowest BCUT2D eigenvalue weighted by Crippen LogP contribution is -2.36. The molecule has 1 N–H and O–H groups in total. The van der Waals surface area contributed by atoms with Crippen LogP contribution in [-0.4, -0.2) is 60.9 Å². The molecule has 1 saturated heterocycles. The van der Waals surface area contributed by atoms with Gasteiger partial charge in [-0.05, 0) is 107 Å². The van der Waals surface area contributed by atoms with Crippen molar-refractivity contribution in [2.45, 2.75) is 52.9 Å². The molecule has 0 radical (unpaired) electrons. The zero-order valence-electron chi connectivity index (χ0n) is 27.4. The van der Waals surface area contributed by atoms with E-state index in [1.165, 1.54) is 32.4 Å². The number of piperidine rings is 1. The molecule has 9 heteroatoms. The van der Waals surface area contributed by atoms with Crippen LogP contribution in [0.25, 0.3) is 0 Å². The predicted octanol–water partition coefficient (Wildman–Crippen LogP) is 7.66. The zero-order valence-corrected chi connectivity index (χ0v) is 27.4. The van der Waals surface area contributed by atoms with Crippen molar-refractivity contribution in [3.63, 3.8) is 0 Å². The molecule has 46 heavy (non-hydrogen) atoms. The molecule has 242 valence electrons. The van der Waals surface area contributed by atoms with Crippen LogP contribution >= 0.6 is 0 Å². The van der Waals surface area contributed by atoms with E-state index in [4.69, 9.17) is 19.2 Å². The monoisotopic (exact) mass is 623 g/mol. The summed E-state index contributed by atoms with van der Waals surface area (Å²) in [5.41, 5.74) is 4.77. The van der Waals surface area contributed by atoms with Gasteiger partial charge in [0.2, 0.25) is 5.95 Å². The number of aryl methyl sites for hydroxylation is 3. The van der Waals surface area contributed by atoms with Crippen LogP contribution in [0.1, 0.15) is 47.9 Å². The van der Waals surface area contributed by atoms with Crippen molar-refractivity contribution in [2.75, 3.05) is 50.1 Å². The SMILES string of the molecule is COc1ccc(CCN(C(=O)Oc2c(C)cc(C)cc2C)c2ccnc(Nc3cccc(OCCCN4CCCCC4)c3)n2)cc1. The Balaban J connectivity index is 1.28. The largest absolute Gasteiger partial charge is 0.497 e. The van der Waals surface area contributed by atoms with Crippen LogP contribution in [0.2, 0.25) is 0 Å². The summed E-state index contributed by atoms with van der Waals surface area (Å²) in [6, 6.07) is 21.3. The number of likely N-dealkylation sites (tertiary alicyclic amines) is 1. The Hall–Kier alpha value is -4.63. The molecule has 1 aliphatic heterocycles. The van der Waals surface area contributed by atoms with Gasteiger partial charge in [0.1, 0.15) is 23.1 Å². The van der Waals surface area contributed by atoms with Crippen LogP contribution in [0.15, 0.2) is 72.9 Å². The minimum atomic E-state index is -0.506. The number of carbonyl (C=O) groups is 1. The lowest BCUT2D eigenvalue weighted by Gasteiger charge is -2.26. The van der Waals surface area contributed by atoms with Gasteiger partial charge in [-0.2, -0.15) is 4.98 Å². The van der Waals surface area contributed by atoms with Crippen molar-refractivity contribution < 1.29 is 19.0 Å². The molecule has 3 aromatic carbocycles. The molecule has 2 heterocycles. The molecule has 1 fully saturated rings. The number of anilines is 3. The normalized spacial score (nSPS) is 13.2. The highest BCUT2D eigenvalue weighted by atomic mass is 16.6. The van der Waals surface area contributed by atoms with Gasteiger partial charge in [-0.25, -0.2) is 9.78 Å². The Bertz CT molecular complexity index is 1560. The first-order chi connectivity index (χ1) is 22.4. The van der Waals surface area contributed by atoms with Crippen molar-refractivity contribution >= 4 is 23.5 Å². The molecule has 0 aliphatic carbocycles. The number of benzene rings is 3. The summed E-state index contributed by atoms with van der Waals surface area (Å²) in [4.78, 5) is 27.0. The maximum atomic E-state index is 13.7. The number of hydrogen-bond acceptors (Lipinski definition) is 8. The fraction of sp³-hybridized carbons (Fsp3) is 0.378. The van der Waals surface area contributed by atoms with E-state index in [0.717, 1.165) is 52.4 Å². The van der Waals surface area contributed by atoms with Crippen molar-refractivity contribution in [1.82, 2.24) is 14.9 Å². The van der Waals surface area contributed by atoms with E-state index in [1.54, 1.807) is 24.3 Å². The van der Waals surface area contributed by atoms with Gasteiger partial charge in [-0.15, -0.1) is 0 Å². The minimum absolute atomic E-state index is 0.353. The first-order valence-electron chi connectivity index (χ1n) is 16.1. The number of amides is 1. The lowest BCUT2D eigenvalue weighted by atomic mass is 10.1. The van der Waals surface area contributed by atoms with E-state index < -0.39 is 6.09 Å². The molecular formula is C37H45N5O4. The van der Waals surface area contributed by atoms with Crippen LogP contribution in [0.3, 0.4) is 0 Å². The fourth-order valence-corrected chi connectivity index (χ4v) is 5.82. The van der Waals surface area contributed by atoms with Gasteiger partial charge >= 0.3 is 6.09 Å². The van der Waals surface area contributed by atoms with Crippen molar-refractivity contribution in [3.8, 4) is 17.2 Å². The third-order valence-electron chi connectivity index (χ3n) is 8.14. The molecule has 1 aliphatic rings. The Morgan fingerprint density at radius 1 is 0.935 bits per heavy atom. The fourth-order valence-electron chi connectivity index (χ4n) is 5.82. The first-order valence-corrected chi connectivity index (χ1v) is 16.1. The third kappa shape index (κ3) is 9.20. The number of nitrogens with zero attached hydrogens (tertiary/aromatic N) is 4. The second kappa shape index (κ2) is 16.1. The van der Waals surface area contributed by atoms with Crippen molar-refractivity contribution in [1.29, 1.82) is 0 Å². The highest BCUT2D eigenvalue weighted by Crippen LogP contribution is 2.27. The van der Waals surface area contributed by atoms with Crippen molar-refractivity contribution in [3.05, 3.63) is 95.2 Å². The second-order valence-electron chi connectivity index (χ2n) is 11.8. The molecule has 5 rings (SSSR count). The molecule has 0 bridgehead atoms. The van der Waals surface area contributed by atoms with Crippen LogP contribution in [0.5, 0.6) is 17.2 Å². The highest BCUT2D eigenvalue weighted by Gasteiger charge is 2.22. The Labute approximate surface area is 272 Å². The van der Waals surface area contributed by atoms with E-state index in [2.05, 4.69) is 15.2 Å². The number of nitrogens with one attached hydrogen (secondary N) is 1. The summed E-state index contributed by atoms with van der Waals surface area (Å²) >= 11 is 0. The van der Waals surface area contributed by atoms with Gasteiger partial charge < -0.3 is 24.4 Å². The van der Waals surface area contributed by atoms with E-state index in [1.807, 2.05) is 81.4 Å². The number of rotatable bonds is 13. The molecule has 0 spiro atoms. The molecule has 0 unspecified atom stereocenters. The summed E-state index contributed by atoms with van der Waals surface area (Å²) in [6.07, 6.45) is 6.66. The number of hydrogen-bond donors (Lipinski definition) is 1. The predicted molar refractivity (Wildman–Crippen MR) is 183 cm³/mol. The van der Waals surface area contributed by atoms with Gasteiger partial charge in [0, 0.05) is 31.0 Å². The lowest BCUT2D eigenvalue weighted by molar-refractivity contribution is 0.205. The highest BCUT2D eigenvalue weighted by molar-refractivity contribution is 5.88. The molecule has 0 atom stereocenters. The Morgan fingerprint density at radius 3 is 2.43 bits per heavy atom. The summed E-state index contributed by atoms with van der Waals surface area (Å²) in [5, 5.41) is 3.28. The zero-order chi connectivity index (χ0) is 32.3. The number of methoxy groups -OCH3 is 1. The molecule has 1 aromatic heterocycles.